The maximum absolute atomic E-state index is 13.1. The second kappa shape index (κ2) is 4.45. The molecule has 1 N–H and O–H groups in total. The Balaban J connectivity index is 2.03. The van der Waals surface area contributed by atoms with Crippen molar-refractivity contribution in [2.75, 3.05) is 5.32 Å². The van der Waals surface area contributed by atoms with E-state index in [4.69, 9.17) is 0 Å². The molecular formula is C10H9FN4. The molecule has 0 fully saturated rings. The van der Waals surface area contributed by atoms with Gasteiger partial charge in [-0.05, 0) is 18.2 Å². The lowest BCUT2D eigenvalue weighted by atomic mass is 10.3. The van der Waals surface area contributed by atoms with Crippen molar-refractivity contribution in [1.29, 1.82) is 0 Å². The number of nitrogens with zero attached hydrogens (tertiary/aromatic N) is 3. The summed E-state index contributed by atoms with van der Waals surface area (Å²) in [5.41, 5.74) is 0.352. The van der Waals surface area contributed by atoms with Crippen molar-refractivity contribution in [3.63, 3.8) is 0 Å². The molecular weight excluding hydrogens is 195 g/mol. The predicted molar refractivity (Wildman–Crippen MR) is 53.6 cm³/mol. The van der Waals surface area contributed by atoms with Gasteiger partial charge in [0.1, 0.15) is 5.82 Å². The van der Waals surface area contributed by atoms with Crippen LogP contribution in [0.25, 0.3) is 0 Å². The second-order valence-electron chi connectivity index (χ2n) is 2.86. The molecule has 2 heterocycles. The van der Waals surface area contributed by atoms with Crippen LogP contribution in [0.3, 0.4) is 0 Å². The van der Waals surface area contributed by atoms with Gasteiger partial charge in [-0.1, -0.05) is 0 Å². The molecule has 0 spiro atoms. The molecule has 0 aliphatic heterocycles. The van der Waals surface area contributed by atoms with Crippen LogP contribution in [0.5, 0.6) is 0 Å². The summed E-state index contributed by atoms with van der Waals surface area (Å²) in [7, 11) is 0. The van der Waals surface area contributed by atoms with E-state index < -0.39 is 0 Å². The standard InChI is InChI=1S/C10H9FN4/c11-8-3-1-4-12-9(8)7-15-10-13-5-2-6-14-10/h1-6H,7H2,(H,13,14,15). The van der Waals surface area contributed by atoms with Gasteiger partial charge in [0, 0.05) is 18.6 Å². The minimum Gasteiger partial charge on any atom is -0.348 e. The van der Waals surface area contributed by atoms with Gasteiger partial charge in [0.25, 0.3) is 0 Å². The first kappa shape index (κ1) is 9.51. The molecule has 0 saturated heterocycles. The van der Waals surface area contributed by atoms with Gasteiger partial charge in [-0.2, -0.15) is 0 Å². The Hall–Kier alpha value is -2.04. The van der Waals surface area contributed by atoms with Gasteiger partial charge in [-0.25, -0.2) is 14.4 Å². The minimum atomic E-state index is -0.332. The summed E-state index contributed by atoms with van der Waals surface area (Å²) >= 11 is 0. The lowest BCUT2D eigenvalue weighted by Crippen LogP contribution is -2.06. The molecule has 0 bridgehead atoms. The molecule has 0 radical (unpaired) electrons. The van der Waals surface area contributed by atoms with Crippen LogP contribution in [-0.2, 0) is 6.54 Å². The zero-order chi connectivity index (χ0) is 10.5. The van der Waals surface area contributed by atoms with Crippen LogP contribution in [0.4, 0.5) is 10.3 Å². The molecule has 0 aromatic carbocycles. The van der Waals surface area contributed by atoms with Crippen molar-refractivity contribution in [2.45, 2.75) is 6.54 Å². The number of anilines is 1. The van der Waals surface area contributed by atoms with Gasteiger partial charge in [0.05, 0.1) is 12.2 Å². The Bertz CT molecular complexity index is 432. The minimum absolute atomic E-state index is 0.274. The van der Waals surface area contributed by atoms with Crippen molar-refractivity contribution in [3.8, 4) is 0 Å². The molecule has 0 atom stereocenters. The first-order valence-electron chi connectivity index (χ1n) is 4.46. The quantitative estimate of drug-likeness (QED) is 0.825. The normalized spacial score (nSPS) is 9.93. The molecule has 0 amide bonds. The van der Waals surface area contributed by atoms with Gasteiger partial charge >= 0.3 is 0 Å². The number of hydrogen-bond acceptors (Lipinski definition) is 4. The largest absolute Gasteiger partial charge is 0.348 e. The van der Waals surface area contributed by atoms with Gasteiger partial charge in [0.15, 0.2) is 0 Å². The molecule has 76 valence electrons. The zero-order valence-corrected chi connectivity index (χ0v) is 7.89. The highest BCUT2D eigenvalue weighted by molar-refractivity contribution is 5.24. The average molecular weight is 204 g/mol. The number of rotatable bonds is 3. The first-order valence-corrected chi connectivity index (χ1v) is 4.46. The highest BCUT2D eigenvalue weighted by Gasteiger charge is 2.02. The third-order valence-corrected chi connectivity index (χ3v) is 1.81. The zero-order valence-electron chi connectivity index (χ0n) is 7.89. The van der Waals surface area contributed by atoms with Crippen LogP contribution in [0, 0.1) is 5.82 Å². The Labute approximate surface area is 86.2 Å². The fraction of sp³-hybridized carbons (Fsp3) is 0.100. The third kappa shape index (κ3) is 2.46. The van der Waals surface area contributed by atoms with Crippen molar-refractivity contribution >= 4 is 5.95 Å². The van der Waals surface area contributed by atoms with Crippen LogP contribution < -0.4 is 5.32 Å². The molecule has 2 aromatic heterocycles. The summed E-state index contributed by atoms with van der Waals surface area (Å²) in [6.07, 6.45) is 4.78. The molecule has 0 unspecified atom stereocenters. The molecule has 2 rings (SSSR count). The van der Waals surface area contributed by atoms with Gasteiger partial charge in [-0.15, -0.1) is 0 Å². The maximum Gasteiger partial charge on any atom is 0.222 e. The van der Waals surface area contributed by atoms with Crippen molar-refractivity contribution in [2.24, 2.45) is 0 Å². The number of hydrogen-bond donors (Lipinski definition) is 1. The van der Waals surface area contributed by atoms with Crippen LogP contribution >= 0.6 is 0 Å². The molecule has 0 aliphatic carbocycles. The fourth-order valence-corrected chi connectivity index (χ4v) is 1.10. The van der Waals surface area contributed by atoms with Crippen molar-refractivity contribution in [1.82, 2.24) is 15.0 Å². The predicted octanol–water partition coefficient (Wildman–Crippen LogP) is 1.62. The Morgan fingerprint density at radius 1 is 1.07 bits per heavy atom. The van der Waals surface area contributed by atoms with E-state index in [-0.39, 0.29) is 12.4 Å². The van der Waals surface area contributed by atoms with Crippen LogP contribution in [-0.4, -0.2) is 15.0 Å². The Kier molecular flexibility index (Phi) is 2.82. The Morgan fingerprint density at radius 3 is 2.53 bits per heavy atom. The highest BCUT2D eigenvalue weighted by Crippen LogP contribution is 2.04. The third-order valence-electron chi connectivity index (χ3n) is 1.81. The van der Waals surface area contributed by atoms with E-state index in [9.17, 15) is 4.39 Å². The summed E-state index contributed by atoms with van der Waals surface area (Å²) in [4.78, 5) is 11.8. The van der Waals surface area contributed by atoms with E-state index in [0.717, 1.165) is 0 Å². The fourth-order valence-electron chi connectivity index (χ4n) is 1.10. The number of aromatic nitrogens is 3. The highest BCUT2D eigenvalue weighted by atomic mass is 19.1. The second-order valence-corrected chi connectivity index (χ2v) is 2.86. The topological polar surface area (TPSA) is 50.7 Å². The Morgan fingerprint density at radius 2 is 1.80 bits per heavy atom. The summed E-state index contributed by atoms with van der Waals surface area (Å²) in [5.74, 6) is 0.128. The maximum atomic E-state index is 13.1. The van der Waals surface area contributed by atoms with E-state index in [1.807, 2.05) is 0 Å². The molecule has 4 nitrogen and oxygen atoms in total. The lowest BCUT2D eigenvalue weighted by Gasteiger charge is -2.03. The number of nitrogens with one attached hydrogen (secondary N) is 1. The van der Waals surface area contributed by atoms with Crippen molar-refractivity contribution in [3.05, 3.63) is 48.3 Å². The first-order chi connectivity index (χ1) is 7.36. The molecule has 2 aromatic rings. The van der Waals surface area contributed by atoms with Crippen molar-refractivity contribution < 1.29 is 4.39 Å². The molecule has 15 heavy (non-hydrogen) atoms. The summed E-state index contributed by atoms with van der Waals surface area (Å²) in [6, 6.07) is 4.64. The number of halogens is 1. The summed E-state index contributed by atoms with van der Waals surface area (Å²) < 4.78 is 13.1. The summed E-state index contributed by atoms with van der Waals surface area (Å²) in [5, 5.41) is 2.88. The van der Waals surface area contributed by atoms with Gasteiger partial charge in [-0.3, -0.25) is 4.98 Å². The van der Waals surface area contributed by atoms with Crippen LogP contribution in [0.1, 0.15) is 5.69 Å². The molecule has 5 heteroatoms. The van der Waals surface area contributed by atoms with Gasteiger partial charge < -0.3 is 5.32 Å². The SMILES string of the molecule is Fc1cccnc1CNc1ncccn1. The summed E-state index contributed by atoms with van der Waals surface area (Å²) in [6.45, 7) is 0.274. The van der Waals surface area contributed by atoms with Crippen LogP contribution in [0.15, 0.2) is 36.8 Å². The molecule has 0 aliphatic rings. The van der Waals surface area contributed by atoms with Gasteiger partial charge in [0.2, 0.25) is 5.95 Å². The van der Waals surface area contributed by atoms with E-state index in [1.165, 1.54) is 6.07 Å². The van der Waals surface area contributed by atoms with E-state index in [0.29, 0.717) is 11.6 Å². The van der Waals surface area contributed by atoms with E-state index in [2.05, 4.69) is 20.3 Å². The number of pyridine rings is 1. The van der Waals surface area contributed by atoms with E-state index in [1.54, 1.807) is 30.7 Å². The smallest absolute Gasteiger partial charge is 0.222 e. The lowest BCUT2D eigenvalue weighted by molar-refractivity contribution is 0.602. The average Bonchev–Trinajstić information content (AvgIpc) is 2.29. The monoisotopic (exact) mass is 204 g/mol. The van der Waals surface area contributed by atoms with E-state index >= 15 is 0 Å². The molecule has 0 saturated carbocycles. The van der Waals surface area contributed by atoms with Crippen LogP contribution in [0.2, 0.25) is 0 Å².